The Bertz CT molecular complexity index is 504. The summed E-state index contributed by atoms with van der Waals surface area (Å²) < 4.78 is 19.0. The van der Waals surface area contributed by atoms with Crippen molar-refractivity contribution in [3.8, 4) is 0 Å². The van der Waals surface area contributed by atoms with Crippen LogP contribution in [0.15, 0.2) is 16.6 Å². The minimum atomic E-state index is -0.357. The summed E-state index contributed by atoms with van der Waals surface area (Å²) >= 11 is 3.16. The lowest BCUT2D eigenvalue weighted by Crippen LogP contribution is -2.47. The third-order valence-electron chi connectivity index (χ3n) is 3.33. The highest BCUT2D eigenvalue weighted by atomic mass is 79.9. The molecule has 2 rings (SSSR count). The maximum atomic E-state index is 13.4. The van der Waals surface area contributed by atoms with Crippen molar-refractivity contribution in [1.82, 2.24) is 4.90 Å². The molecule has 0 aromatic heterocycles. The number of hydrogen-bond acceptors (Lipinski definition) is 3. The number of halogens is 2. The van der Waals surface area contributed by atoms with Crippen molar-refractivity contribution in [3.05, 3.63) is 28.0 Å². The zero-order valence-corrected chi connectivity index (χ0v) is 13.2. The Hall–Kier alpha value is -1.14. The molecule has 110 valence electrons. The first-order valence-corrected chi connectivity index (χ1v) is 7.37. The van der Waals surface area contributed by atoms with Crippen molar-refractivity contribution < 1.29 is 13.9 Å². The molecule has 1 N–H and O–H groups in total. The predicted octanol–water partition coefficient (Wildman–Crippen LogP) is 2.56. The summed E-state index contributed by atoms with van der Waals surface area (Å²) in [6.45, 7) is 6.03. The van der Waals surface area contributed by atoms with Crippen LogP contribution in [0.1, 0.15) is 12.5 Å². The lowest BCUT2D eigenvalue weighted by Gasteiger charge is -2.30. The molecule has 0 radical (unpaired) electrons. The van der Waals surface area contributed by atoms with Crippen molar-refractivity contribution in [2.45, 2.75) is 19.9 Å². The number of amides is 1. The molecule has 1 amide bonds. The number of nitrogens with zero attached hydrogens (tertiary/aromatic N) is 1. The largest absolute Gasteiger partial charge is 0.378 e. The number of hydrogen-bond donors (Lipinski definition) is 1. The van der Waals surface area contributed by atoms with Crippen LogP contribution in [-0.2, 0) is 9.53 Å². The Morgan fingerprint density at radius 2 is 2.10 bits per heavy atom. The maximum Gasteiger partial charge on any atom is 0.244 e. The quantitative estimate of drug-likeness (QED) is 0.916. The van der Waals surface area contributed by atoms with Crippen LogP contribution in [0.4, 0.5) is 10.1 Å². The lowest BCUT2D eigenvalue weighted by atomic mass is 10.1. The van der Waals surface area contributed by atoms with Gasteiger partial charge in [-0.1, -0.05) is 0 Å². The minimum absolute atomic E-state index is 0.0353. The topological polar surface area (TPSA) is 41.6 Å². The Kier molecular flexibility index (Phi) is 4.99. The van der Waals surface area contributed by atoms with Crippen LogP contribution in [-0.4, -0.2) is 43.2 Å². The Balaban J connectivity index is 2.05. The van der Waals surface area contributed by atoms with Crippen molar-refractivity contribution in [3.63, 3.8) is 0 Å². The normalized spacial score (nSPS) is 16.9. The molecule has 1 heterocycles. The highest BCUT2D eigenvalue weighted by Gasteiger charge is 2.22. The van der Waals surface area contributed by atoms with E-state index in [9.17, 15) is 9.18 Å². The molecule has 4 nitrogen and oxygen atoms in total. The van der Waals surface area contributed by atoms with E-state index in [1.807, 2.05) is 13.8 Å². The standard InChI is InChI=1S/C14H18BrFN2O2/c1-9-7-12(16)11(15)8-13(9)17-10(2)14(19)18-3-5-20-6-4-18/h7-8,10,17H,3-6H2,1-2H3. The fourth-order valence-corrected chi connectivity index (χ4v) is 2.50. The van der Waals surface area contributed by atoms with E-state index in [1.54, 1.807) is 11.0 Å². The van der Waals surface area contributed by atoms with Gasteiger partial charge in [0.15, 0.2) is 0 Å². The van der Waals surface area contributed by atoms with Crippen LogP contribution in [0, 0.1) is 12.7 Å². The van der Waals surface area contributed by atoms with Crippen LogP contribution >= 0.6 is 15.9 Å². The molecule has 0 spiro atoms. The summed E-state index contributed by atoms with van der Waals surface area (Å²) in [5.74, 6) is -0.270. The van der Waals surface area contributed by atoms with Crippen LogP contribution in [0.2, 0.25) is 0 Å². The van der Waals surface area contributed by atoms with Crippen molar-refractivity contribution in [1.29, 1.82) is 0 Å². The smallest absolute Gasteiger partial charge is 0.244 e. The molecule has 1 fully saturated rings. The Morgan fingerprint density at radius 1 is 1.45 bits per heavy atom. The number of ether oxygens (including phenoxy) is 1. The Labute approximate surface area is 126 Å². The molecule has 1 aliphatic rings. The summed E-state index contributed by atoms with van der Waals surface area (Å²) in [7, 11) is 0. The van der Waals surface area contributed by atoms with E-state index in [1.165, 1.54) is 6.07 Å². The predicted molar refractivity (Wildman–Crippen MR) is 79.3 cm³/mol. The van der Waals surface area contributed by atoms with Crippen molar-refractivity contribution >= 4 is 27.5 Å². The van der Waals surface area contributed by atoms with Crippen LogP contribution < -0.4 is 5.32 Å². The lowest BCUT2D eigenvalue weighted by molar-refractivity contribution is -0.135. The summed E-state index contributed by atoms with van der Waals surface area (Å²) in [4.78, 5) is 14.1. The molecule has 1 atom stereocenters. The molecule has 1 saturated heterocycles. The van der Waals surface area contributed by atoms with Gasteiger partial charge in [0, 0.05) is 18.8 Å². The van der Waals surface area contributed by atoms with Gasteiger partial charge in [0.2, 0.25) is 5.91 Å². The van der Waals surface area contributed by atoms with Gasteiger partial charge in [-0.2, -0.15) is 0 Å². The number of rotatable bonds is 3. The average molecular weight is 345 g/mol. The first-order valence-electron chi connectivity index (χ1n) is 6.57. The van der Waals surface area contributed by atoms with Crippen LogP contribution in [0.3, 0.4) is 0 Å². The molecule has 20 heavy (non-hydrogen) atoms. The minimum Gasteiger partial charge on any atom is -0.378 e. The zero-order chi connectivity index (χ0) is 14.7. The van der Waals surface area contributed by atoms with Gasteiger partial charge in [-0.25, -0.2) is 4.39 Å². The third kappa shape index (κ3) is 3.49. The molecular formula is C14H18BrFN2O2. The van der Waals surface area contributed by atoms with Gasteiger partial charge < -0.3 is 15.0 Å². The number of carbonyl (C=O) groups is 1. The maximum absolute atomic E-state index is 13.4. The van der Waals surface area contributed by atoms with Crippen LogP contribution in [0.5, 0.6) is 0 Å². The van der Waals surface area contributed by atoms with Gasteiger partial charge in [-0.15, -0.1) is 0 Å². The first-order chi connectivity index (χ1) is 9.49. The number of nitrogens with one attached hydrogen (secondary N) is 1. The van der Waals surface area contributed by atoms with Gasteiger partial charge in [-0.3, -0.25) is 4.79 Å². The average Bonchev–Trinajstić information content (AvgIpc) is 2.44. The molecule has 0 bridgehead atoms. The van der Waals surface area contributed by atoms with Crippen LogP contribution in [0.25, 0.3) is 0 Å². The van der Waals surface area contributed by atoms with E-state index in [2.05, 4.69) is 21.2 Å². The summed E-state index contributed by atoms with van der Waals surface area (Å²) in [6.07, 6.45) is 0. The zero-order valence-electron chi connectivity index (χ0n) is 11.6. The van der Waals surface area contributed by atoms with Gasteiger partial charge in [0.05, 0.1) is 17.7 Å². The molecular weight excluding hydrogens is 327 g/mol. The van der Waals surface area contributed by atoms with E-state index in [0.717, 1.165) is 11.3 Å². The highest BCUT2D eigenvalue weighted by Crippen LogP contribution is 2.25. The number of aryl methyl sites for hydroxylation is 1. The number of anilines is 1. The van der Waals surface area contributed by atoms with E-state index in [4.69, 9.17) is 4.74 Å². The molecule has 6 heteroatoms. The second-order valence-corrected chi connectivity index (χ2v) is 5.74. The molecule has 0 saturated carbocycles. The number of benzene rings is 1. The van der Waals surface area contributed by atoms with Gasteiger partial charge >= 0.3 is 0 Å². The van der Waals surface area contributed by atoms with Gasteiger partial charge in [0.1, 0.15) is 11.9 Å². The van der Waals surface area contributed by atoms with E-state index in [0.29, 0.717) is 30.8 Å². The number of carbonyl (C=O) groups excluding carboxylic acids is 1. The molecule has 1 unspecified atom stereocenters. The summed E-state index contributed by atoms with van der Waals surface area (Å²) in [5, 5.41) is 3.15. The van der Waals surface area contributed by atoms with Crippen molar-refractivity contribution in [2.24, 2.45) is 0 Å². The van der Waals surface area contributed by atoms with Gasteiger partial charge in [0.25, 0.3) is 0 Å². The van der Waals surface area contributed by atoms with Gasteiger partial charge in [-0.05, 0) is 47.5 Å². The fraction of sp³-hybridized carbons (Fsp3) is 0.500. The SMILES string of the molecule is Cc1cc(F)c(Br)cc1NC(C)C(=O)N1CCOCC1. The summed E-state index contributed by atoms with van der Waals surface area (Å²) in [5.41, 5.74) is 1.53. The molecule has 0 aliphatic carbocycles. The number of morpholine rings is 1. The first kappa shape index (κ1) is 15.3. The summed E-state index contributed by atoms with van der Waals surface area (Å²) in [6, 6.07) is 2.75. The van der Waals surface area contributed by atoms with E-state index >= 15 is 0 Å². The third-order valence-corrected chi connectivity index (χ3v) is 3.94. The fourth-order valence-electron chi connectivity index (χ4n) is 2.15. The Morgan fingerprint density at radius 3 is 2.75 bits per heavy atom. The second-order valence-electron chi connectivity index (χ2n) is 4.88. The van der Waals surface area contributed by atoms with E-state index in [-0.39, 0.29) is 17.8 Å². The molecule has 1 aromatic rings. The molecule has 1 aliphatic heterocycles. The van der Waals surface area contributed by atoms with Crippen molar-refractivity contribution in [2.75, 3.05) is 31.6 Å². The van der Waals surface area contributed by atoms with E-state index < -0.39 is 0 Å². The molecule has 1 aromatic carbocycles. The highest BCUT2D eigenvalue weighted by molar-refractivity contribution is 9.10. The monoisotopic (exact) mass is 344 g/mol. The second kappa shape index (κ2) is 6.54.